The maximum absolute atomic E-state index is 12.4. The Balaban J connectivity index is 1.37. The molecule has 0 amide bonds. The van der Waals surface area contributed by atoms with Crippen LogP contribution < -0.4 is 9.47 Å². The summed E-state index contributed by atoms with van der Waals surface area (Å²) >= 11 is 8.49. The number of carboxylic acids is 1. The van der Waals surface area contributed by atoms with E-state index in [9.17, 15) is 9.90 Å². The van der Waals surface area contributed by atoms with Gasteiger partial charge in [0.05, 0.1) is 10.4 Å². The van der Waals surface area contributed by atoms with Gasteiger partial charge >= 0.3 is 5.97 Å². The van der Waals surface area contributed by atoms with Crippen LogP contribution in [0.3, 0.4) is 0 Å². The van der Waals surface area contributed by atoms with Crippen LogP contribution in [0.1, 0.15) is 11.1 Å². The number of hydrogen-bond acceptors (Lipinski definition) is 8. The van der Waals surface area contributed by atoms with E-state index < -0.39 is 12.1 Å². The molecule has 1 fully saturated rings. The van der Waals surface area contributed by atoms with Gasteiger partial charge in [0, 0.05) is 49.6 Å². The van der Waals surface area contributed by atoms with Crippen molar-refractivity contribution < 1.29 is 19.4 Å². The molecule has 0 spiro atoms. The lowest BCUT2D eigenvalue weighted by molar-refractivity contribution is -0.145. The fourth-order valence-electron chi connectivity index (χ4n) is 5.59. The fraction of sp³-hybridized carbons (Fsp3) is 0.286. The van der Waals surface area contributed by atoms with Crippen molar-refractivity contribution in [3.63, 3.8) is 0 Å². The minimum Gasteiger partial charge on any atom is -0.491 e. The van der Waals surface area contributed by atoms with Crippen LogP contribution in [0.4, 0.5) is 0 Å². The predicted molar refractivity (Wildman–Crippen MR) is 180 cm³/mol. The van der Waals surface area contributed by atoms with Gasteiger partial charge < -0.3 is 19.5 Å². The minimum atomic E-state index is -1.14. The zero-order valence-corrected chi connectivity index (χ0v) is 26.9. The Labute approximate surface area is 271 Å². The lowest BCUT2D eigenvalue weighted by Gasteiger charge is -2.32. The number of aromatic nitrogens is 2. The number of halogens is 1. The number of likely N-dealkylation sites (N-methyl/N-ethyl adjacent to an activating group) is 1. The molecule has 1 aliphatic heterocycles. The SMILES string of the molecule is Cc1c(-c2c(-c3ccccc3)sc3ncnc(O[C@H](Cc4ccccc4)C(=O)O)c23)ccc(OCCN2CCN(C)CC2)c1Cl. The number of piperazine rings is 1. The van der Waals surface area contributed by atoms with Gasteiger partial charge in [-0.1, -0.05) is 78.3 Å². The fourth-order valence-corrected chi connectivity index (χ4v) is 6.96. The van der Waals surface area contributed by atoms with Crippen molar-refractivity contribution in [2.24, 2.45) is 0 Å². The van der Waals surface area contributed by atoms with E-state index >= 15 is 0 Å². The highest BCUT2D eigenvalue weighted by atomic mass is 35.5. The molecule has 1 N–H and O–H groups in total. The zero-order chi connectivity index (χ0) is 31.3. The van der Waals surface area contributed by atoms with Crippen LogP contribution in [-0.4, -0.2) is 83.3 Å². The normalized spacial score (nSPS) is 14.8. The Morgan fingerprint density at radius 3 is 2.42 bits per heavy atom. The monoisotopic (exact) mass is 642 g/mol. The number of hydrogen-bond donors (Lipinski definition) is 1. The number of thiophene rings is 1. The van der Waals surface area contributed by atoms with Gasteiger partial charge in [0.1, 0.15) is 23.5 Å². The smallest absolute Gasteiger partial charge is 0.345 e. The lowest BCUT2D eigenvalue weighted by atomic mass is 9.96. The highest BCUT2D eigenvalue weighted by Gasteiger charge is 2.27. The highest BCUT2D eigenvalue weighted by molar-refractivity contribution is 7.22. The van der Waals surface area contributed by atoms with Crippen molar-refractivity contribution in [3.05, 3.63) is 95.3 Å². The first-order chi connectivity index (χ1) is 21.9. The second-order valence-electron chi connectivity index (χ2n) is 11.2. The summed E-state index contributed by atoms with van der Waals surface area (Å²) in [4.78, 5) is 27.8. The molecule has 232 valence electrons. The third-order valence-electron chi connectivity index (χ3n) is 8.16. The highest BCUT2D eigenvalue weighted by Crippen LogP contribution is 2.49. The first kappa shape index (κ1) is 31.0. The molecule has 1 atom stereocenters. The topological polar surface area (TPSA) is 88.0 Å². The maximum atomic E-state index is 12.4. The van der Waals surface area contributed by atoms with E-state index in [0.717, 1.165) is 65.4 Å². The van der Waals surface area contributed by atoms with Crippen LogP contribution >= 0.6 is 22.9 Å². The summed E-state index contributed by atoms with van der Waals surface area (Å²) in [5, 5.41) is 11.3. The van der Waals surface area contributed by atoms with Crippen LogP contribution in [0.5, 0.6) is 11.6 Å². The van der Waals surface area contributed by atoms with Crippen molar-refractivity contribution in [3.8, 4) is 33.2 Å². The van der Waals surface area contributed by atoms with Crippen LogP contribution in [-0.2, 0) is 11.2 Å². The summed E-state index contributed by atoms with van der Waals surface area (Å²) in [6, 6.07) is 23.4. The van der Waals surface area contributed by atoms with Gasteiger partial charge in [0.2, 0.25) is 12.0 Å². The number of aliphatic carboxylic acids is 1. The third-order valence-corrected chi connectivity index (χ3v) is 9.78. The Hall–Kier alpha value is -4.02. The number of rotatable bonds is 11. The van der Waals surface area contributed by atoms with Crippen molar-refractivity contribution in [2.45, 2.75) is 19.4 Å². The molecule has 0 bridgehead atoms. The van der Waals surface area contributed by atoms with E-state index in [1.807, 2.05) is 79.7 Å². The van der Waals surface area contributed by atoms with E-state index in [2.05, 4.69) is 26.8 Å². The second-order valence-corrected chi connectivity index (χ2v) is 12.6. The van der Waals surface area contributed by atoms with Gasteiger partial charge in [-0.15, -0.1) is 11.3 Å². The summed E-state index contributed by atoms with van der Waals surface area (Å²) < 4.78 is 12.4. The minimum absolute atomic E-state index is 0.192. The molecule has 0 saturated carbocycles. The van der Waals surface area contributed by atoms with Crippen molar-refractivity contribution >= 4 is 39.1 Å². The van der Waals surface area contributed by atoms with Gasteiger partial charge in [-0.3, -0.25) is 4.90 Å². The Morgan fingerprint density at radius 1 is 1.00 bits per heavy atom. The van der Waals surface area contributed by atoms with E-state index in [0.29, 0.717) is 27.6 Å². The molecule has 2 aromatic heterocycles. The Morgan fingerprint density at radius 2 is 1.71 bits per heavy atom. The molecular weight excluding hydrogens is 608 g/mol. The number of ether oxygens (including phenoxy) is 2. The third kappa shape index (κ3) is 6.97. The van der Waals surface area contributed by atoms with Gasteiger partial charge in [-0.25, -0.2) is 14.8 Å². The van der Waals surface area contributed by atoms with Gasteiger partial charge in [-0.05, 0) is 42.3 Å². The van der Waals surface area contributed by atoms with E-state index in [1.165, 1.54) is 17.7 Å². The first-order valence-electron chi connectivity index (χ1n) is 15.0. The van der Waals surface area contributed by atoms with Crippen molar-refractivity contribution in [1.82, 2.24) is 19.8 Å². The van der Waals surface area contributed by atoms with Crippen LogP contribution in [0, 0.1) is 6.92 Å². The molecule has 0 aliphatic carbocycles. The maximum Gasteiger partial charge on any atom is 0.345 e. The van der Waals surface area contributed by atoms with Crippen LogP contribution in [0.25, 0.3) is 31.8 Å². The summed E-state index contributed by atoms with van der Waals surface area (Å²) in [6.45, 7) is 7.53. The van der Waals surface area contributed by atoms with E-state index in [-0.39, 0.29) is 12.3 Å². The number of nitrogens with zero attached hydrogens (tertiary/aromatic N) is 4. The number of carbonyl (C=O) groups is 1. The molecule has 1 aliphatic rings. The summed E-state index contributed by atoms with van der Waals surface area (Å²) in [5.41, 5.74) is 4.44. The molecule has 45 heavy (non-hydrogen) atoms. The molecule has 0 radical (unpaired) electrons. The molecule has 3 aromatic carbocycles. The molecule has 6 rings (SSSR count). The quantitative estimate of drug-likeness (QED) is 0.171. The zero-order valence-electron chi connectivity index (χ0n) is 25.3. The second kappa shape index (κ2) is 14.0. The molecule has 10 heteroatoms. The molecule has 5 aromatic rings. The molecule has 1 saturated heterocycles. The summed E-state index contributed by atoms with van der Waals surface area (Å²) in [5.74, 6) is -0.211. The van der Waals surface area contributed by atoms with Gasteiger partial charge in [-0.2, -0.15) is 0 Å². The van der Waals surface area contributed by atoms with Gasteiger partial charge in [0.15, 0.2) is 0 Å². The Kier molecular flexibility index (Phi) is 9.61. The first-order valence-corrected chi connectivity index (χ1v) is 16.2. The van der Waals surface area contributed by atoms with E-state index in [1.54, 1.807) is 0 Å². The molecule has 0 unspecified atom stereocenters. The Bertz CT molecular complexity index is 1780. The number of benzene rings is 3. The number of fused-ring (bicyclic) bond motifs is 1. The van der Waals surface area contributed by atoms with Crippen molar-refractivity contribution in [2.75, 3.05) is 46.4 Å². The predicted octanol–water partition coefficient (Wildman–Crippen LogP) is 6.69. The number of carboxylic acid groups (broad SMARTS) is 1. The molecule has 8 nitrogen and oxygen atoms in total. The van der Waals surface area contributed by atoms with Crippen LogP contribution in [0.2, 0.25) is 5.02 Å². The average molecular weight is 643 g/mol. The van der Waals surface area contributed by atoms with Crippen LogP contribution in [0.15, 0.2) is 79.1 Å². The van der Waals surface area contributed by atoms with Crippen molar-refractivity contribution in [1.29, 1.82) is 0 Å². The standard InChI is InChI=1S/C35H35ClN4O4S/c1-23-26(13-14-27(31(23)36)43-20-19-40-17-15-39(2)16-18-40)29-30-33(44-28(35(41)42)21-24-9-5-3-6-10-24)37-22-38-34(30)45-32(29)25-11-7-4-8-12-25/h3-14,22,28H,15-21H2,1-2H3,(H,41,42)/t28-/m1/s1. The largest absolute Gasteiger partial charge is 0.491 e. The molecule has 3 heterocycles. The molecular formula is C35H35ClN4O4S. The van der Waals surface area contributed by atoms with E-state index in [4.69, 9.17) is 21.1 Å². The average Bonchev–Trinajstić information content (AvgIpc) is 3.45. The summed E-state index contributed by atoms with van der Waals surface area (Å²) in [6.07, 6.45) is 0.474. The van der Waals surface area contributed by atoms with Gasteiger partial charge in [0.25, 0.3) is 0 Å². The summed E-state index contributed by atoms with van der Waals surface area (Å²) in [7, 11) is 2.15. The lowest BCUT2D eigenvalue weighted by Crippen LogP contribution is -2.45.